The number of oxime groups is 1. The van der Waals surface area contributed by atoms with Gasteiger partial charge in [-0.25, -0.2) is 9.78 Å². The molecule has 3 aromatic rings. The van der Waals surface area contributed by atoms with Crippen LogP contribution in [-0.4, -0.2) is 57.5 Å². The van der Waals surface area contributed by atoms with Crippen LogP contribution in [0.5, 0.6) is 0 Å². The number of aromatic nitrogens is 2. The van der Waals surface area contributed by atoms with E-state index in [0.29, 0.717) is 0 Å². The molecule has 0 saturated heterocycles. The van der Waals surface area contributed by atoms with E-state index in [1.165, 1.54) is 11.5 Å². The summed E-state index contributed by atoms with van der Waals surface area (Å²) in [6, 6.07) is 1.65. The van der Waals surface area contributed by atoms with Crippen LogP contribution in [-0.2, 0) is 27.6 Å². The Morgan fingerprint density at radius 3 is 2.00 bits per heavy atom. The standard InChI is InChI=1S/C20H10F9N3O3.C4H6F3N2O/c21-18(22,23)10-5-9(6-11(7-10)19(24,25)26)17(20(27,28)29)8-13(31-35-17)14-2-1-12(16(33)34)15-30-3-4-32(14)15;5-4(6,7)2-9-3(10)1-8/h1-7H,8H2,(H,33,34);8H,1-2H2,(H,9,10)/q;-1. The van der Waals surface area contributed by atoms with E-state index >= 15 is 0 Å². The number of amides is 1. The van der Waals surface area contributed by atoms with E-state index in [2.05, 4.69) is 15.0 Å². The largest absolute Gasteiger partial charge is 0.670 e. The fourth-order valence-corrected chi connectivity index (χ4v) is 3.91. The lowest BCUT2D eigenvalue weighted by molar-refractivity contribution is -0.276. The summed E-state index contributed by atoms with van der Waals surface area (Å²) in [5.41, 5.74) is -3.85. The summed E-state index contributed by atoms with van der Waals surface area (Å²) in [5.74, 6) is -2.32. The average molecular weight is 666 g/mol. The zero-order valence-corrected chi connectivity index (χ0v) is 21.7. The van der Waals surface area contributed by atoms with E-state index in [1.807, 2.05) is 0 Å². The number of carboxylic acid groups (broad SMARTS) is 1. The molecule has 4 rings (SSSR count). The monoisotopic (exact) mass is 666 g/mol. The molecule has 0 fully saturated rings. The summed E-state index contributed by atoms with van der Waals surface area (Å²) < 4.78 is 157. The second kappa shape index (κ2) is 12.1. The molecule has 0 aliphatic carbocycles. The Hall–Kier alpha value is -4.56. The van der Waals surface area contributed by atoms with Gasteiger partial charge in [0.15, 0.2) is 11.6 Å². The predicted octanol–water partition coefficient (Wildman–Crippen LogP) is 6.37. The highest BCUT2D eigenvalue weighted by molar-refractivity contribution is 6.03. The third-order valence-electron chi connectivity index (χ3n) is 5.96. The van der Waals surface area contributed by atoms with Crippen molar-refractivity contribution in [1.82, 2.24) is 14.7 Å². The second-order valence-corrected chi connectivity index (χ2v) is 9.05. The lowest BCUT2D eigenvalue weighted by Gasteiger charge is -2.30. The molecule has 21 heteroatoms. The molecular weight excluding hydrogens is 650 g/mol. The van der Waals surface area contributed by atoms with Crippen molar-refractivity contribution in [1.29, 1.82) is 0 Å². The fraction of sp³-hybridized carbons (Fsp3) is 0.333. The highest BCUT2D eigenvalue weighted by Gasteiger charge is 2.63. The highest BCUT2D eigenvalue weighted by atomic mass is 19.4. The van der Waals surface area contributed by atoms with Crippen LogP contribution in [0.1, 0.15) is 39.2 Å². The number of fused-ring (bicyclic) bond motifs is 1. The summed E-state index contributed by atoms with van der Waals surface area (Å²) in [6.07, 6.45) is -19.6. The molecule has 0 saturated carbocycles. The normalized spacial score (nSPS) is 17.3. The van der Waals surface area contributed by atoms with Gasteiger partial charge in [-0.05, 0) is 30.3 Å². The molecule has 1 aliphatic heterocycles. The van der Waals surface area contributed by atoms with E-state index in [4.69, 9.17) is 5.73 Å². The number of imidazole rings is 1. The number of nitrogens with zero attached hydrogens (tertiary/aromatic N) is 3. The molecule has 1 atom stereocenters. The molecule has 1 unspecified atom stereocenters. The third-order valence-corrected chi connectivity index (χ3v) is 5.96. The minimum Gasteiger partial charge on any atom is -0.670 e. The second-order valence-electron chi connectivity index (χ2n) is 9.05. The van der Waals surface area contributed by atoms with Gasteiger partial charge in [0, 0.05) is 18.0 Å². The number of rotatable bonds is 5. The molecule has 246 valence electrons. The average Bonchev–Trinajstić information content (AvgIpc) is 3.58. The zero-order chi connectivity index (χ0) is 34.2. The van der Waals surface area contributed by atoms with Gasteiger partial charge in [0.1, 0.15) is 17.8 Å². The Balaban J connectivity index is 0.000000477. The fourth-order valence-electron chi connectivity index (χ4n) is 3.91. The Kier molecular flexibility index (Phi) is 9.38. The number of carboxylic acids is 1. The van der Waals surface area contributed by atoms with Gasteiger partial charge in [0.05, 0.1) is 23.2 Å². The molecule has 0 spiro atoms. The molecule has 2 aromatic heterocycles. The molecule has 3 heterocycles. The van der Waals surface area contributed by atoms with Crippen LogP contribution in [0, 0.1) is 0 Å². The number of benzene rings is 1. The van der Waals surface area contributed by atoms with Crippen molar-refractivity contribution in [2.24, 2.45) is 5.16 Å². The number of halogens is 12. The maximum Gasteiger partial charge on any atom is 0.435 e. The third kappa shape index (κ3) is 7.75. The molecule has 0 bridgehead atoms. The number of pyridine rings is 1. The van der Waals surface area contributed by atoms with Crippen LogP contribution in [0.2, 0.25) is 0 Å². The lowest BCUT2D eigenvalue weighted by atomic mass is 9.85. The maximum absolute atomic E-state index is 14.2. The first-order valence-electron chi connectivity index (χ1n) is 11.8. The first-order valence-corrected chi connectivity index (χ1v) is 11.8. The molecule has 45 heavy (non-hydrogen) atoms. The zero-order valence-electron chi connectivity index (χ0n) is 21.7. The minimum atomic E-state index is -5.50. The van der Waals surface area contributed by atoms with Gasteiger partial charge in [-0.2, -0.15) is 52.7 Å². The molecule has 1 aromatic carbocycles. The molecule has 1 aliphatic rings. The van der Waals surface area contributed by atoms with Crippen molar-refractivity contribution in [3.8, 4) is 0 Å². The quantitative estimate of drug-likeness (QED) is 0.306. The number of carbonyl (C=O) groups is 2. The van der Waals surface area contributed by atoms with Crippen LogP contribution >= 0.6 is 0 Å². The Morgan fingerprint density at radius 2 is 1.53 bits per heavy atom. The van der Waals surface area contributed by atoms with E-state index < -0.39 is 84.1 Å². The molecule has 0 radical (unpaired) electrons. The molecular formula is C24H16F12N5O4-. The van der Waals surface area contributed by atoms with E-state index in [-0.39, 0.29) is 35.1 Å². The lowest BCUT2D eigenvalue weighted by Crippen LogP contribution is -2.43. The summed E-state index contributed by atoms with van der Waals surface area (Å²) in [4.78, 5) is 29.8. The van der Waals surface area contributed by atoms with Gasteiger partial charge in [-0.1, -0.05) is 11.7 Å². The molecule has 9 nitrogen and oxygen atoms in total. The maximum atomic E-state index is 14.2. The highest BCUT2D eigenvalue weighted by Crippen LogP contribution is 2.51. The van der Waals surface area contributed by atoms with Crippen LogP contribution < -0.4 is 5.32 Å². The van der Waals surface area contributed by atoms with Gasteiger partial charge in [0.2, 0.25) is 0 Å². The first kappa shape index (κ1) is 34.9. The van der Waals surface area contributed by atoms with Crippen molar-refractivity contribution in [2.45, 2.75) is 36.7 Å². The SMILES string of the molecule is O=C(O)c1ccc(C2=NOC(c3cc(C(F)(F)F)cc(C(F)(F)F)c3)(C(F)(F)F)C2)n2ccnc12.[NH-]CC(=O)NCC(F)(F)F. The summed E-state index contributed by atoms with van der Waals surface area (Å²) in [5, 5.41) is 14.1. The predicted molar refractivity (Wildman–Crippen MR) is 127 cm³/mol. The van der Waals surface area contributed by atoms with Crippen molar-refractivity contribution in [3.63, 3.8) is 0 Å². The van der Waals surface area contributed by atoms with Gasteiger partial charge >= 0.3 is 30.7 Å². The topological polar surface area (TPSA) is 129 Å². The van der Waals surface area contributed by atoms with Crippen LogP contribution in [0.15, 0.2) is 47.9 Å². The van der Waals surface area contributed by atoms with Gasteiger partial charge in [-0.15, -0.1) is 0 Å². The Bertz CT molecular complexity index is 1580. The van der Waals surface area contributed by atoms with Crippen molar-refractivity contribution in [2.75, 3.05) is 13.1 Å². The van der Waals surface area contributed by atoms with E-state index in [9.17, 15) is 67.4 Å². The van der Waals surface area contributed by atoms with Crippen LogP contribution in [0.4, 0.5) is 52.7 Å². The molecule has 3 N–H and O–H groups in total. The van der Waals surface area contributed by atoms with Crippen molar-refractivity contribution < 1.29 is 72.2 Å². The number of aromatic carboxylic acids is 1. The number of carbonyl (C=O) groups excluding carboxylic acids is 1. The Morgan fingerprint density at radius 1 is 0.956 bits per heavy atom. The van der Waals surface area contributed by atoms with Crippen LogP contribution in [0.25, 0.3) is 11.4 Å². The number of nitrogens with one attached hydrogen (secondary N) is 2. The number of hydrogen-bond donors (Lipinski definition) is 2. The van der Waals surface area contributed by atoms with Crippen molar-refractivity contribution >= 4 is 23.2 Å². The van der Waals surface area contributed by atoms with E-state index in [0.717, 1.165) is 22.7 Å². The summed E-state index contributed by atoms with van der Waals surface area (Å²) in [7, 11) is 0. The molecule has 1 amide bonds. The van der Waals surface area contributed by atoms with Gasteiger partial charge in [0.25, 0.3) is 5.60 Å². The van der Waals surface area contributed by atoms with Gasteiger partial charge < -0.3 is 21.0 Å². The number of alkyl halides is 12. The summed E-state index contributed by atoms with van der Waals surface area (Å²) in [6.45, 7) is -2.03. The number of hydrogen-bond acceptors (Lipinski definition) is 5. The van der Waals surface area contributed by atoms with Gasteiger partial charge in [-0.3, -0.25) is 9.20 Å². The first-order chi connectivity index (χ1) is 20.5. The van der Waals surface area contributed by atoms with Crippen LogP contribution in [0.3, 0.4) is 0 Å². The minimum absolute atomic E-state index is 0.0679. The summed E-state index contributed by atoms with van der Waals surface area (Å²) >= 11 is 0. The Labute approximate surface area is 242 Å². The van der Waals surface area contributed by atoms with E-state index in [1.54, 1.807) is 0 Å². The van der Waals surface area contributed by atoms with Crippen molar-refractivity contribution in [3.05, 3.63) is 76.4 Å². The smallest absolute Gasteiger partial charge is 0.435 e.